The summed E-state index contributed by atoms with van der Waals surface area (Å²) in [4.78, 5) is 8.05. The Hall–Kier alpha value is -1.34. The molecule has 2 aliphatic heterocycles. The predicted octanol–water partition coefficient (Wildman–Crippen LogP) is 4.31. The average Bonchev–Trinajstić information content (AvgIpc) is 3.42. The van der Waals surface area contributed by atoms with Gasteiger partial charge in [0.05, 0.1) is 18.8 Å². The van der Waals surface area contributed by atoms with Gasteiger partial charge in [-0.2, -0.15) is 5.26 Å². The van der Waals surface area contributed by atoms with Crippen molar-refractivity contribution in [2.75, 3.05) is 13.7 Å². The van der Waals surface area contributed by atoms with Crippen LogP contribution in [0.1, 0.15) is 25.1 Å². The van der Waals surface area contributed by atoms with Crippen molar-refractivity contribution in [1.82, 2.24) is 25.0 Å². The minimum absolute atomic E-state index is 0.171. The van der Waals surface area contributed by atoms with Gasteiger partial charge in [0.15, 0.2) is 16.6 Å². The highest BCUT2D eigenvalue weighted by Gasteiger charge is 2.63. The van der Waals surface area contributed by atoms with Crippen LogP contribution >= 0.6 is 62.2 Å². The maximum atomic E-state index is 10.7. The number of thioether (sulfide) groups is 1. The molecular weight excluding hydrogens is 603 g/mol. The zero-order chi connectivity index (χ0) is 25.0. The molecular formula is C20H17BrCl2N6O4S2. The molecule has 0 aliphatic carbocycles. The van der Waals surface area contributed by atoms with Crippen molar-refractivity contribution in [2.24, 2.45) is 0 Å². The van der Waals surface area contributed by atoms with E-state index >= 15 is 0 Å². The Labute approximate surface area is 226 Å². The smallest absolute Gasteiger partial charge is 0.192 e. The molecule has 2 saturated heterocycles. The number of hydrogen-bond donors (Lipinski definition) is 1. The second kappa shape index (κ2) is 9.51. The van der Waals surface area contributed by atoms with Crippen LogP contribution in [-0.4, -0.2) is 66.7 Å². The molecule has 0 radical (unpaired) electrons. The quantitative estimate of drug-likeness (QED) is 0.426. The molecule has 2 aliphatic rings. The lowest BCUT2D eigenvalue weighted by atomic mass is 9.86. The molecule has 1 N–H and O–H groups in total. The third-order valence-electron chi connectivity index (χ3n) is 5.64. The largest absolute Gasteiger partial charge is 0.381 e. The van der Waals surface area contributed by atoms with Gasteiger partial charge in [0.25, 0.3) is 0 Å². The molecule has 35 heavy (non-hydrogen) atoms. The molecule has 0 saturated carbocycles. The van der Waals surface area contributed by atoms with E-state index in [0.29, 0.717) is 26.4 Å². The highest BCUT2D eigenvalue weighted by atomic mass is 79.9. The first kappa shape index (κ1) is 25.3. The fourth-order valence-electron chi connectivity index (χ4n) is 4.17. The van der Waals surface area contributed by atoms with Crippen molar-refractivity contribution in [1.29, 1.82) is 5.26 Å². The minimum atomic E-state index is -1.50. The van der Waals surface area contributed by atoms with Gasteiger partial charge < -0.3 is 19.3 Å². The van der Waals surface area contributed by atoms with E-state index in [-0.39, 0.29) is 23.5 Å². The zero-order valence-corrected chi connectivity index (χ0v) is 22.9. The molecule has 3 aromatic rings. The van der Waals surface area contributed by atoms with E-state index in [1.54, 1.807) is 37.2 Å². The number of pyridine rings is 1. The Bertz CT molecular complexity index is 1300. The van der Waals surface area contributed by atoms with Crippen LogP contribution in [0, 0.1) is 11.3 Å². The lowest BCUT2D eigenvalue weighted by Gasteiger charge is -2.58. The molecule has 4 unspecified atom stereocenters. The zero-order valence-electron chi connectivity index (χ0n) is 18.2. The summed E-state index contributed by atoms with van der Waals surface area (Å²) < 4.78 is 20.5. The van der Waals surface area contributed by atoms with Gasteiger partial charge >= 0.3 is 0 Å². The summed E-state index contributed by atoms with van der Waals surface area (Å²) in [6.45, 7) is 1.72. The monoisotopic (exact) mass is 618 g/mol. The van der Waals surface area contributed by atoms with Crippen LogP contribution in [-0.2, 0) is 14.2 Å². The molecule has 184 valence electrons. The molecule has 3 aromatic heterocycles. The van der Waals surface area contributed by atoms with E-state index in [1.165, 1.54) is 23.1 Å². The third kappa shape index (κ3) is 4.72. The average molecular weight is 620 g/mol. The maximum absolute atomic E-state index is 10.7. The molecule has 0 amide bonds. The van der Waals surface area contributed by atoms with Gasteiger partial charge in [-0.05, 0) is 28.9 Å². The van der Waals surface area contributed by atoms with Gasteiger partial charge in [0.2, 0.25) is 0 Å². The van der Waals surface area contributed by atoms with Gasteiger partial charge in [-0.15, -0.1) is 5.10 Å². The van der Waals surface area contributed by atoms with Gasteiger partial charge in [0.1, 0.15) is 38.2 Å². The van der Waals surface area contributed by atoms with Gasteiger partial charge in [-0.25, -0.2) is 14.6 Å². The van der Waals surface area contributed by atoms with E-state index in [4.69, 9.17) is 37.4 Å². The molecule has 5 rings (SSSR count). The topological polar surface area (TPSA) is 128 Å². The second-order valence-corrected chi connectivity index (χ2v) is 12.4. The summed E-state index contributed by atoms with van der Waals surface area (Å²) in [6.07, 6.45) is 2.52. The minimum Gasteiger partial charge on any atom is -0.381 e. The SMILES string of the molecule is COCC1(Sc2cc(Br)cnc2C#N)CC(n2cc(-c3nc(Cl)c(Cl)s3)nn2)[C@H]2OC(C)(O)C2O1. The lowest BCUT2D eigenvalue weighted by molar-refractivity contribution is -0.418. The molecule has 0 spiro atoms. The Morgan fingerprint density at radius 1 is 1.46 bits per heavy atom. The summed E-state index contributed by atoms with van der Waals surface area (Å²) in [5.41, 5.74) is 0.763. The second-order valence-electron chi connectivity index (χ2n) is 8.17. The number of thiazole rings is 1. The number of halogens is 3. The highest BCUT2D eigenvalue weighted by Crippen LogP contribution is 2.54. The predicted molar refractivity (Wildman–Crippen MR) is 132 cm³/mol. The number of aliphatic hydroxyl groups is 1. The fourth-order valence-corrected chi connectivity index (χ4v) is 7.17. The van der Waals surface area contributed by atoms with Crippen LogP contribution in [0.5, 0.6) is 0 Å². The Kier molecular flexibility index (Phi) is 6.88. The van der Waals surface area contributed by atoms with E-state index in [1.807, 2.05) is 0 Å². The van der Waals surface area contributed by atoms with Crippen LogP contribution in [0.4, 0.5) is 0 Å². The number of fused-ring (bicyclic) bond motifs is 1. The van der Waals surface area contributed by atoms with Gasteiger partial charge in [-0.3, -0.25) is 0 Å². The number of methoxy groups -OCH3 is 1. The highest BCUT2D eigenvalue weighted by molar-refractivity contribution is 9.10. The fraction of sp³-hybridized carbons (Fsp3) is 0.450. The molecule has 5 atom stereocenters. The van der Waals surface area contributed by atoms with E-state index < -0.39 is 22.9 Å². The lowest BCUT2D eigenvalue weighted by Crippen LogP contribution is -2.71. The number of ether oxygens (including phenoxy) is 3. The molecule has 2 fully saturated rings. The number of nitriles is 1. The van der Waals surface area contributed by atoms with E-state index in [2.05, 4.69) is 42.3 Å². The standard InChI is InChI=1S/C20H17BrCl2N6O4S2/c1-19(30)15-14(32-19)12(29-7-11(27-28-29)18-26-16(22)17(23)34-18)4-20(33-15,8-31-2)35-13-3-9(21)6-25-10(13)5-24/h3,6-7,12,14-15,30H,4,8H2,1-2H3/t12?,14-,15?,19?,20?/m1/s1. The van der Waals surface area contributed by atoms with Crippen LogP contribution in [0.15, 0.2) is 27.8 Å². The number of aromatic nitrogens is 5. The normalized spacial score (nSPS) is 29.9. The van der Waals surface area contributed by atoms with Crippen molar-refractivity contribution in [3.63, 3.8) is 0 Å². The maximum Gasteiger partial charge on any atom is 0.192 e. The van der Waals surface area contributed by atoms with Crippen LogP contribution in [0.3, 0.4) is 0 Å². The number of nitrogens with zero attached hydrogens (tertiary/aromatic N) is 6. The van der Waals surface area contributed by atoms with Crippen molar-refractivity contribution >= 4 is 62.2 Å². The van der Waals surface area contributed by atoms with Crippen molar-refractivity contribution in [3.05, 3.63) is 38.1 Å². The van der Waals surface area contributed by atoms with Crippen molar-refractivity contribution in [3.8, 4) is 16.8 Å². The Morgan fingerprint density at radius 3 is 2.91 bits per heavy atom. The molecule has 0 bridgehead atoms. The Balaban J connectivity index is 1.52. The van der Waals surface area contributed by atoms with E-state index in [9.17, 15) is 10.4 Å². The van der Waals surface area contributed by atoms with Crippen LogP contribution in [0.25, 0.3) is 10.7 Å². The van der Waals surface area contributed by atoms with E-state index in [0.717, 1.165) is 4.47 Å². The first-order chi connectivity index (χ1) is 16.6. The van der Waals surface area contributed by atoms with Gasteiger partial charge in [-0.1, -0.05) is 51.5 Å². The third-order valence-corrected chi connectivity index (χ3v) is 9.12. The van der Waals surface area contributed by atoms with Crippen LogP contribution < -0.4 is 0 Å². The summed E-state index contributed by atoms with van der Waals surface area (Å²) in [6, 6.07) is 3.55. The summed E-state index contributed by atoms with van der Waals surface area (Å²) in [5, 5.41) is 29.6. The van der Waals surface area contributed by atoms with Crippen molar-refractivity contribution in [2.45, 2.75) is 47.2 Å². The van der Waals surface area contributed by atoms with Crippen LogP contribution in [0.2, 0.25) is 9.49 Å². The first-order valence-electron chi connectivity index (χ1n) is 10.2. The summed E-state index contributed by atoms with van der Waals surface area (Å²) >= 11 is 18.0. The number of hydrogen-bond acceptors (Lipinski definition) is 11. The summed E-state index contributed by atoms with van der Waals surface area (Å²) in [7, 11) is 1.57. The molecule has 10 nitrogen and oxygen atoms in total. The first-order valence-corrected chi connectivity index (χ1v) is 13.4. The molecule has 15 heteroatoms. The summed E-state index contributed by atoms with van der Waals surface area (Å²) in [5.74, 6) is -1.50. The number of rotatable bonds is 6. The van der Waals surface area contributed by atoms with Gasteiger partial charge in [0, 0.05) is 29.1 Å². The Morgan fingerprint density at radius 2 is 2.26 bits per heavy atom. The molecule has 0 aromatic carbocycles. The molecule has 5 heterocycles. The van der Waals surface area contributed by atoms with Crippen molar-refractivity contribution < 1.29 is 19.3 Å².